The molecule has 1 atom stereocenters. The third-order valence-corrected chi connectivity index (χ3v) is 5.75. The number of benzene rings is 2. The summed E-state index contributed by atoms with van der Waals surface area (Å²) in [5.41, 5.74) is 0.810. The first-order valence-electron chi connectivity index (χ1n) is 10.8. The van der Waals surface area contributed by atoms with Crippen LogP contribution in [-0.2, 0) is 11.3 Å². The Hall–Kier alpha value is -3.59. The first kappa shape index (κ1) is 22.6. The van der Waals surface area contributed by atoms with Crippen LogP contribution < -0.4 is 16.6 Å². The van der Waals surface area contributed by atoms with Crippen LogP contribution in [0.2, 0.25) is 0 Å². The Morgan fingerprint density at radius 1 is 1.18 bits per heavy atom. The molecule has 1 aliphatic heterocycles. The number of amides is 1. The van der Waals surface area contributed by atoms with E-state index >= 15 is 0 Å². The Labute approximate surface area is 189 Å². The van der Waals surface area contributed by atoms with Crippen molar-refractivity contribution in [3.63, 3.8) is 0 Å². The molecule has 0 spiro atoms. The number of nitrogens with one attached hydrogen (secondary N) is 1. The van der Waals surface area contributed by atoms with Crippen molar-refractivity contribution in [3.05, 3.63) is 91.5 Å². The normalized spacial score (nSPS) is 15.5. The van der Waals surface area contributed by atoms with Gasteiger partial charge in [-0.1, -0.05) is 18.2 Å². The average molecular weight is 452 g/mol. The predicted molar refractivity (Wildman–Crippen MR) is 120 cm³/mol. The topological polar surface area (TPSA) is 95.2 Å². The summed E-state index contributed by atoms with van der Waals surface area (Å²) < 4.78 is 21.1. The highest BCUT2D eigenvalue weighted by Crippen LogP contribution is 2.13. The van der Waals surface area contributed by atoms with Gasteiger partial charge in [-0.3, -0.25) is 14.2 Å². The fourth-order valence-electron chi connectivity index (χ4n) is 3.74. The molecule has 0 radical (unpaired) electrons. The lowest BCUT2D eigenvalue weighted by molar-refractivity contribution is 0.0849. The number of aryl methyl sites for hydroxylation is 2. The molecule has 3 aromatic rings. The fraction of sp³-hybridized carbons (Fsp3) is 0.333. The molecule has 0 aliphatic carbocycles. The van der Waals surface area contributed by atoms with Gasteiger partial charge in [-0.25, -0.2) is 9.18 Å². The second-order valence-electron chi connectivity index (χ2n) is 8.18. The molecule has 0 bridgehead atoms. The molecule has 2 heterocycles. The van der Waals surface area contributed by atoms with Crippen LogP contribution in [0.3, 0.4) is 0 Å². The summed E-state index contributed by atoms with van der Waals surface area (Å²) in [6.45, 7) is 4.50. The van der Waals surface area contributed by atoms with Crippen LogP contribution in [0.15, 0.2) is 52.1 Å². The van der Waals surface area contributed by atoms with E-state index in [4.69, 9.17) is 4.74 Å². The Kier molecular flexibility index (Phi) is 6.50. The molecule has 9 heteroatoms. The Morgan fingerprint density at radius 3 is 2.70 bits per heavy atom. The maximum atomic E-state index is 13.7. The summed E-state index contributed by atoms with van der Waals surface area (Å²) in [7, 11) is 0. The number of hydrogen-bond donors (Lipinski definition) is 1. The molecule has 1 saturated heterocycles. The lowest BCUT2D eigenvalue weighted by atomic mass is 10.1. The fourth-order valence-corrected chi connectivity index (χ4v) is 3.74. The van der Waals surface area contributed by atoms with Crippen LogP contribution in [0.4, 0.5) is 4.39 Å². The molecule has 4 rings (SSSR count). The standard InChI is InChI=1S/C24H25FN4O4/c1-15-8-9-19(11-16(15)2)29-24(32)28(14-17-5-3-6-18(25)12-17)23(31)21(27-29)22(30)26-13-20-7-4-10-33-20/h3,5-6,8-9,11-12,20H,4,7,10,13-14H2,1-2H3,(H,26,30). The zero-order chi connectivity index (χ0) is 23.5. The molecule has 1 fully saturated rings. The minimum atomic E-state index is -0.839. The van der Waals surface area contributed by atoms with Crippen molar-refractivity contribution in [2.24, 2.45) is 0 Å². The highest BCUT2D eigenvalue weighted by atomic mass is 19.1. The van der Waals surface area contributed by atoms with Crippen LogP contribution >= 0.6 is 0 Å². The van der Waals surface area contributed by atoms with Gasteiger partial charge >= 0.3 is 5.69 Å². The average Bonchev–Trinajstić information content (AvgIpc) is 3.31. The van der Waals surface area contributed by atoms with E-state index in [1.165, 1.54) is 18.2 Å². The smallest absolute Gasteiger partial charge is 0.352 e. The van der Waals surface area contributed by atoms with E-state index in [-0.39, 0.29) is 19.2 Å². The van der Waals surface area contributed by atoms with E-state index in [0.717, 1.165) is 33.2 Å². The number of nitrogens with zero attached hydrogens (tertiary/aromatic N) is 3. The zero-order valence-corrected chi connectivity index (χ0v) is 18.5. The molecule has 8 nitrogen and oxygen atoms in total. The molecule has 1 amide bonds. The van der Waals surface area contributed by atoms with Gasteiger partial charge in [0.15, 0.2) is 0 Å². The van der Waals surface area contributed by atoms with Gasteiger partial charge in [0.2, 0.25) is 5.69 Å². The van der Waals surface area contributed by atoms with Crippen molar-refractivity contribution in [1.82, 2.24) is 19.7 Å². The molecule has 1 unspecified atom stereocenters. The van der Waals surface area contributed by atoms with E-state index in [0.29, 0.717) is 17.9 Å². The molecule has 1 N–H and O–H groups in total. The quantitative estimate of drug-likeness (QED) is 0.618. The van der Waals surface area contributed by atoms with Crippen molar-refractivity contribution in [3.8, 4) is 5.69 Å². The van der Waals surface area contributed by atoms with Crippen LogP contribution in [0.1, 0.15) is 40.0 Å². The van der Waals surface area contributed by atoms with E-state index in [1.54, 1.807) is 18.2 Å². The van der Waals surface area contributed by atoms with E-state index in [9.17, 15) is 18.8 Å². The van der Waals surface area contributed by atoms with Gasteiger partial charge in [-0.2, -0.15) is 9.78 Å². The number of carbonyl (C=O) groups is 1. The molecule has 1 aliphatic rings. The van der Waals surface area contributed by atoms with Crippen LogP contribution in [0, 0.1) is 19.7 Å². The van der Waals surface area contributed by atoms with Crippen LogP contribution in [0.25, 0.3) is 5.69 Å². The van der Waals surface area contributed by atoms with Crippen molar-refractivity contribution in [2.75, 3.05) is 13.2 Å². The van der Waals surface area contributed by atoms with Crippen molar-refractivity contribution >= 4 is 5.91 Å². The molecule has 172 valence electrons. The largest absolute Gasteiger partial charge is 0.376 e. The molecule has 0 saturated carbocycles. The Bertz CT molecular complexity index is 1310. The second-order valence-corrected chi connectivity index (χ2v) is 8.18. The molecular weight excluding hydrogens is 427 g/mol. The molecule has 2 aromatic carbocycles. The van der Waals surface area contributed by atoms with Crippen molar-refractivity contribution < 1.29 is 13.9 Å². The molecule has 1 aromatic heterocycles. The Balaban J connectivity index is 1.79. The van der Waals surface area contributed by atoms with Gasteiger partial charge in [-0.05, 0) is 67.6 Å². The third kappa shape index (κ3) is 4.93. The minimum Gasteiger partial charge on any atom is -0.376 e. The number of carbonyl (C=O) groups excluding carboxylic acids is 1. The van der Waals surface area contributed by atoms with Gasteiger partial charge in [0.25, 0.3) is 11.5 Å². The summed E-state index contributed by atoms with van der Waals surface area (Å²) in [5, 5.41) is 6.81. The monoisotopic (exact) mass is 452 g/mol. The number of rotatable bonds is 6. The van der Waals surface area contributed by atoms with Gasteiger partial charge in [-0.15, -0.1) is 0 Å². The number of ether oxygens (including phenoxy) is 1. The lowest BCUT2D eigenvalue weighted by Gasteiger charge is -2.14. The van der Waals surface area contributed by atoms with Gasteiger partial charge < -0.3 is 10.1 Å². The maximum absolute atomic E-state index is 13.7. The highest BCUT2D eigenvalue weighted by molar-refractivity contribution is 5.91. The van der Waals surface area contributed by atoms with Gasteiger partial charge in [0, 0.05) is 13.2 Å². The molecule has 33 heavy (non-hydrogen) atoms. The highest BCUT2D eigenvalue weighted by Gasteiger charge is 2.23. The summed E-state index contributed by atoms with van der Waals surface area (Å²) in [5.74, 6) is -1.18. The van der Waals surface area contributed by atoms with Crippen LogP contribution in [0.5, 0.6) is 0 Å². The zero-order valence-electron chi connectivity index (χ0n) is 18.5. The first-order valence-corrected chi connectivity index (χ1v) is 10.8. The van der Waals surface area contributed by atoms with Gasteiger partial charge in [0.1, 0.15) is 5.82 Å². The van der Waals surface area contributed by atoms with Gasteiger partial charge in [0.05, 0.1) is 18.3 Å². The summed E-state index contributed by atoms with van der Waals surface area (Å²) >= 11 is 0. The summed E-state index contributed by atoms with van der Waals surface area (Å²) in [6, 6.07) is 10.9. The van der Waals surface area contributed by atoms with Crippen molar-refractivity contribution in [2.45, 2.75) is 39.3 Å². The summed E-state index contributed by atoms with van der Waals surface area (Å²) in [6.07, 6.45) is 1.62. The Morgan fingerprint density at radius 2 is 2.00 bits per heavy atom. The lowest BCUT2D eigenvalue weighted by Crippen LogP contribution is -2.46. The van der Waals surface area contributed by atoms with Crippen LogP contribution in [-0.4, -0.2) is 39.5 Å². The number of halogens is 1. The third-order valence-electron chi connectivity index (χ3n) is 5.75. The minimum absolute atomic E-state index is 0.117. The predicted octanol–water partition coefficient (Wildman–Crippen LogP) is 2.11. The van der Waals surface area contributed by atoms with E-state index < -0.39 is 28.7 Å². The maximum Gasteiger partial charge on any atom is 0.352 e. The second kappa shape index (κ2) is 9.50. The molecular formula is C24H25FN4O4. The summed E-state index contributed by atoms with van der Waals surface area (Å²) in [4.78, 5) is 39.2. The first-order chi connectivity index (χ1) is 15.8. The van der Waals surface area contributed by atoms with Crippen molar-refractivity contribution in [1.29, 1.82) is 0 Å². The number of hydrogen-bond acceptors (Lipinski definition) is 5. The van der Waals surface area contributed by atoms with E-state index in [1.807, 2.05) is 19.9 Å². The van der Waals surface area contributed by atoms with E-state index in [2.05, 4.69) is 10.4 Å². The SMILES string of the molecule is Cc1ccc(-n2nc(C(=O)NCC3CCCO3)c(=O)n(Cc3cccc(F)c3)c2=O)cc1C. The number of aromatic nitrogens is 3.